The normalized spacial score (nSPS) is 13.4. The van der Waals surface area contributed by atoms with Crippen LogP contribution in [0.5, 0.6) is 0 Å². The second-order valence-corrected chi connectivity index (χ2v) is 5.06. The molecule has 0 unspecified atom stereocenters. The molecule has 3 N–H and O–H groups in total. The molecule has 2 aromatic carbocycles. The van der Waals surface area contributed by atoms with E-state index in [9.17, 15) is 0 Å². The van der Waals surface area contributed by atoms with Gasteiger partial charge in [0.15, 0.2) is 0 Å². The van der Waals surface area contributed by atoms with E-state index in [2.05, 4.69) is 74.2 Å². The number of nitrogens with one attached hydrogen (secondary N) is 3. The number of para-hydroxylation sites is 2. The molecule has 2 aliphatic heterocycles. The predicted molar refractivity (Wildman–Crippen MR) is 101 cm³/mol. The van der Waals surface area contributed by atoms with Crippen LogP contribution in [0.15, 0.2) is 97.8 Å². The molecule has 126 valence electrons. The third kappa shape index (κ3) is 4.68. The van der Waals surface area contributed by atoms with Gasteiger partial charge in [-0.3, -0.25) is 0 Å². The van der Waals surface area contributed by atoms with Gasteiger partial charge in [0.25, 0.3) is 0 Å². The first-order valence-corrected chi connectivity index (χ1v) is 7.86. The van der Waals surface area contributed by atoms with Gasteiger partial charge >= 0.3 is 0 Å². The number of allylic oxidation sites excluding steroid dienone is 4. The van der Waals surface area contributed by atoms with Crippen molar-refractivity contribution in [2.75, 3.05) is 0 Å². The van der Waals surface area contributed by atoms with Crippen LogP contribution < -0.4 is 11.0 Å². The van der Waals surface area contributed by atoms with E-state index < -0.39 is 0 Å². The summed E-state index contributed by atoms with van der Waals surface area (Å²) in [6.45, 7) is 0. The fraction of sp³-hybridized carbons (Fsp3) is 0. The van der Waals surface area contributed by atoms with Crippen molar-refractivity contribution in [1.82, 2.24) is 15.9 Å². The van der Waals surface area contributed by atoms with Crippen molar-refractivity contribution in [3.8, 4) is 0 Å². The highest BCUT2D eigenvalue weighted by Gasteiger charge is 2.00. The molecule has 0 atom stereocenters. The molecule has 0 radical (unpaired) electrons. The number of hydrogen-bond acceptors (Lipinski definition) is 4. The Morgan fingerprint density at radius 3 is 1.36 bits per heavy atom. The van der Waals surface area contributed by atoms with Gasteiger partial charge in [-0.15, -0.1) is 0 Å². The van der Waals surface area contributed by atoms with E-state index in [1.165, 1.54) is 21.8 Å². The standard InChI is InChI=1S/C12H9N.2C4H5NO/c1-3-7-11-9(5-1)10-6-2-4-8-12(10)13-11;2*1-2-4-6-5-3-1/h1-8,13H;2*1-5H. The van der Waals surface area contributed by atoms with Gasteiger partial charge in [0, 0.05) is 34.2 Å². The predicted octanol–water partition coefficient (Wildman–Crippen LogP) is 4.42. The highest BCUT2D eigenvalue weighted by molar-refractivity contribution is 6.06. The summed E-state index contributed by atoms with van der Waals surface area (Å²) in [7, 11) is 0. The SMILES string of the molecule is C1=CNOC=C1.C1=CNOC=C1.c1ccc2c(c1)[nH]c1ccccc12. The van der Waals surface area contributed by atoms with E-state index in [0.717, 1.165) is 0 Å². The van der Waals surface area contributed by atoms with Gasteiger partial charge in [0.05, 0.1) is 0 Å². The fourth-order valence-electron chi connectivity index (χ4n) is 2.32. The number of aromatic nitrogens is 1. The van der Waals surface area contributed by atoms with Gasteiger partial charge in [-0.1, -0.05) is 36.4 Å². The minimum atomic E-state index is 1.21. The summed E-state index contributed by atoms with van der Waals surface area (Å²) in [5, 5.41) is 2.61. The molecular formula is C20H19N3O2. The van der Waals surface area contributed by atoms with Crippen LogP contribution >= 0.6 is 0 Å². The first kappa shape index (κ1) is 16.3. The maximum absolute atomic E-state index is 4.55. The van der Waals surface area contributed by atoms with E-state index in [-0.39, 0.29) is 0 Å². The lowest BCUT2D eigenvalue weighted by molar-refractivity contribution is 0.172. The van der Waals surface area contributed by atoms with Gasteiger partial charge < -0.3 is 14.7 Å². The lowest BCUT2D eigenvalue weighted by Crippen LogP contribution is -2.01. The Bertz CT molecular complexity index is 824. The second-order valence-electron chi connectivity index (χ2n) is 5.06. The van der Waals surface area contributed by atoms with E-state index in [4.69, 9.17) is 0 Å². The summed E-state index contributed by atoms with van der Waals surface area (Å²) >= 11 is 0. The molecule has 0 bridgehead atoms. The molecule has 25 heavy (non-hydrogen) atoms. The van der Waals surface area contributed by atoms with Crippen LogP contribution in [0.3, 0.4) is 0 Å². The second kappa shape index (κ2) is 8.88. The zero-order chi connectivity index (χ0) is 17.2. The molecule has 0 aliphatic carbocycles. The van der Waals surface area contributed by atoms with Crippen LogP contribution in [-0.4, -0.2) is 4.98 Å². The third-order valence-electron chi connectivity index (χ3n) is 3.39. The molecule has 2 aliphatic rings. The Morgan fingerprint density at radius 1 is 0.560 bits per heavy atom. The Hall–Kier alpha value is -3.60. The highest BCUT2D eigenvalue weighted by atomic mass is 16.6. The van der Waals surface area contributed by atoms with Crippen molar-refractivity contribution in [2.24, 2.45) is 0 Å². The fourth-order valence-corrected chi connectivity index (χ4v) is 2.32. The van der Waals surface area contributed by atoms with Gasteiger partial charge in [0.2, 0.25) is 0 Å². The van der Waals surface area contributed by atoms with Crippen LogP contribution in [0.2, 0.25) is 0 Å². The van der Waals surface area contributed by atoms with E-state index in [0.29, 0.717) is 0 Å². The third-order valence-corrected chi connectivity index (χ3v) is 3.39. The number of benzene rings is 2. The molecule has 0 amide bonds. The summed E-state index contributed by atoms with van der Waals surface area (Å²) in [6.07, 6.45) is 13.9. The number of H-pyrrole nitrogens is 1. The Kier molecular flexibility index (Phi) is 5.78. The number of hydrogen-bond donors (Lipinski definition) is 3. The van der Waals surface area contributed by atoms with Crippen LogP contribution in [-0.2, 0) is 9.68 Å². The topological polar surface area (TPSA) is 58.3 Å². The number of hydroxylamine groups is 2. The summed E-state index contributed by atoms with van der Waals surface area (Å²) in [5.74, 6) is 0. The lowest BCUT2D eigenvalue weighted by Gasteiger charge is -1.97. The molecule has 3 heterocycles. The van der Waals surface area contributed by atoms with Crippen LogP contribution in [0, 0.1) is 0 Å². The molecule has 0 saturated carbocycles. The molecule has 5 rings (SSSR count). The number of rotatable bonds is 0. The van der Waals surface area contributed by atoms with E-state index >= 15 is 0 Å². The monoisotopic (exact) mass is 333 g/mol. The summed E-state index contributed by atoms with van der Waals surface area (Å²) < 4.78 is 0. The van der Waals surface area contributed by atoms with Crippen LogP contribution in [0.1, 0.15) is 0 Å². The Morgan fingerprint density at radius 2 is 1.04 bits per heavy atom. The molecule has 5 heteroatoms. The smallest absolute Gasteiger partial charge is 0.119 e. The first-order chi connectivity index (χ1) is 12.4. The minimum Gasteiger partial charge on any atom is -0.391 e. The average molecular weight is 333 g/mol. The molecule has 3 aromatic rings. The van der Waals surface area contributed by atoms with Crippen molar-refractivity contribution in [2.45, 2.75) is 0 Å². The summed E-state index contributed by atoms with van der Waals surface area (Å²) in [5.41, 5.74) is 7.46. The maximum atomic E-state index is 4.55. The molecule has 0 fully saturated rings. The van der Waals surface area contributed by atoms with Crippen LogP contribution in [0.4, 0.5) is 0 Å². The van der Waals surface area contributed by atoms with Crippen molar-refractivity contribution in [1.29, 1.82) is 0 Å². The summed E-state index contributed by atoms with van der Waals surface area (Å²) in [6, 6.07) is 16.8. The van der Waals surface area contributed by atoms with Crippen LogP contribution in [0.25, 0.3) is 21.8 Å². The van der Waals surface area contributed by atoms with Gasteiger partial charge in [-0.2, -0.15) is 0 Å². The number of aromatic amines is 1. The minimum absolute atomic E-state index is 1.21. The number of fused-ring (bicyclic) bond motifs is 3. The molecule has 0 saturated heterocycles. The molecular weight excluding hydrogens is 314 g/mol. The Labute approximate surface area is 145 Å². The lowest BCUT2D eigenvalue weighted by atomic mass is 10.2. The van der Waals surface area contributed by atoms with E-state index in [1.807, 2.05) is 12.2 Å². The van der Waals surface area contributed by atoms with Gasteiger partial charge in [-0.25, -0.2) is 11.0 Å². The largest absolute Gasteiger partial charge is 0.391 e. The zero-order valence-electron chi connectivity index (χ0n) is 13.6. The van der Waals surface area contributed by atoms with Gasteiger partial charge in [0.1, 0.15) is 12.5 Å². The zero-order valence-corrected chi connectivity index (χ0v) is 13.6. The first-order valence-electron chi connectivity index (χ1n) is 7.86. The van der Waals surface area contributed by atoms with Gasteiger partial charge in [-0.05, 0) is 36.4 Å². The van der Waals surface area contributed by atoms with Crippen molar-refractivity contribution >= 4 is 21.8 Å². The molecule has 0 spiro atoms. The molecule has 5 nitrogen and oxygen atoms in total. The van der Waals surface area contributed by atoms with Crippen molar-refractivity contribution < 1.29 is 9.68 Å². The molecule has 1 aromatic heterocycles. The van der Waals surface area contributed by atoms with Crippen molar-refractivity contribution in [3.63, 3.8) is 0 Å². The average Bonchev–Trinajstić information content (AvgIpc) is 3.10. The quantitative estimate of drug-likeness (QED) is 0.570. The van der Waals surface area contributed by atoms with Crippen molar-refractivity contribution in [3.05, 3.63) is 97.8 Å². The highest BCUT2D eigenvalue weighted by Crippen LogP contribution is 2.24. The Balaban J connectivity index is 0.000000127. The summed E-state index contributed by atoms with van der Waals surface area (Å²) in [4.78, 5) is 12.5. The van der Waals surface area contributed by atoms with E-state index in [1.54, 1.807) is 37.1 Å². The maximum Gasteiger partial charge on any atom is 0.119 e.